The maximum Gasteiger partial charge on any atom is 0.238 e. The van der Waals surface area contributed by atoms with E-state index >= 15 is 0 Å². The molecule has 138 valence electrons. The van der Waals surface area contributed by atoms with Crippen LogP contribution in [0.3, 0.4) is 0 Å². The SMILES string of the molecule is CCOc1ccc(CNCCc2ccc(S(N)(=O)=O)cc2)cc1Br.Cl. The zero-order valence-electron chi connectivity index (χ0n) is 13.9. The Labute approximate surface area is 163 Å². The molecule has 0 aliphatic rings. The van der Waals surface area contributed by atoms with E-state index in [9.17, 15) is 8.42 Å². The van der Waals surface area contributed by atoms with Crippen LogP contribution in [0.5, 0.6) is 5.75 Å². The fourth-order valence-corrected chi connectivity index (χ4v) is 3.29. The Morgan fingerprint density at radius 1 is 1.12 bits per heavy atom. The van der Waals surface area contributed by atoms with Crippen LogP contribution in [-0.4, -0.2) is 21.6 Å². The first-order valence-corrected chi connectivity index (χ1v) is 9.97. The second-order valence-electron chi connectivity index (χ2n) is 5.31. The van der Waals surface area contributed by atoms with Gasteiger partial charge in [-0.05, 0) is 71.2 Å². The molecule has 0 fully saturated rings. The van der Waals surface area contributed by atoms with E-state index in [4.69, 9.17) is 9.88 Å². The van der Waals surface area contributed by atoms with Crippen LogP contribution in [0.2, 0.25) is 0 Å². The molecule has 0 atom stereocenters. The standard InChI is InChI=1S/C17H21BrN2O3S.ClH/c1-2-23-17-8-5-14(11-16(17)18)12-20-10-9-13-3-6-15(7-4-13)24(19,21)22;/h3-8,11,20H,2,9-10,12H2,1H3,(H2,19,21,22);1H. The van der Waals surface area contributed by atoms with Crippen molar-refractivity contribution in [2.45, 2.75) is 24.8 Å². The third-order valence-corrected chi connectivity index (χ3v) is 5.02. The fourth-order valence-electron chi connectivity index (χ4n) is 2.24. The topological polar surface area (TPSA) is 81.4 Å². The molecule has 5 nitrogen and oxygen atoms in total. The second kappa shape index (κ2) is 10.1. The zero-order chi connectivity index (χ0) is 17.6. The van der Waals surface area contributed by atoms with Crippen LogP contribution in [0.4, 0.5) is 0 Å². The molecule has 0 aliphatic heterocycles. The van der Waals surface area contributed by atoms with Crippen molar-refractivity contribution in [2.24, 2.45) is 5.14 Å². The number of hydrogen-bond donors (Lipinski definition) is 2. The van der Waals surface area contributed by atoms with Crippen LogP contribution >= 0.6 is 28.3 Å². The number of hydrogen-bond acceptors (Lipinski definition) is 4. The molecular weight excluding hydrogens is 428 g/mol. The van der Waals surface area contributed by atoms with E-state index in [2.05, 4.69) is 21.2 Å². The molecule has 0 bridgehead atoms. The lowest BCUT2D eigenvalue weighted by Crippen LogP contribution is -2.17. The third kappa shape index (κ3) is 6.95. The summed E-state index contributed by atoms with van der Waals surface area (Å²) in [5, 5.41) is 8.45. The van der Waals surface area contributed by atoms with E-state index in [0.717, 1.165) is 40.9 Å². The number of halogens is 2. The minimum Gasteiger partial charge on any atom is -0.493 e. The molecule has 2 aromatic carbocycles. The summed E-state index contributed by atoms with van der Waals surface area (Å²) >= 11 is 3.50. The predicted octanol–water partition coefficient (Wildman–Crippen LogP) is 3.25. The number of primary sulfonamides is 1. The van der Waals surface area contributed by atoms with Gasteiger partial charge in [-0.1, -0.05) is 18.2 Å². The van der Waals surface area contributed by atoms with Crippen LogP contribution in [0, 0.1) is 0 Å². The van der Waals surface area contributed by atoms with Gasteiger partial charge in [0.05, 0.1) is 16.0 Å². The molecule has 0 unspecified atom stereocenters. The number of benzene rings is 2. The first-order chi connectivity index (χ1) is 11.4. The fraction of sp³-hybridized carbons (Fsp3) is 0.294. The summed E-state index contributed by atoms with van der Waals surface area (Å²) in [6.45, 7) is 4.14. The van der Waals surface area contributed by atoms with E-state index in [1.165, 1.54) is 12.1 Å². The first kappa shape index (κ1) is 21.9. The Bertz CT molecular complexity index is 783. The quantitative estimate of drug-likeness (QED) is 0.606. The lowest BCUT2D eigenvalue weighted by molar-refractivity contribution is 0.338. The summed E-state index contributed by atoms with van der Waals surface area (Å²) in [7, 11) is -3.62. The summed E-state index contributed by atoms with van der Waals surface area (Å²) in [4.78, 5) is 0.137. The minimum absolute atomic E-state index is 0. The lowest BCUT2D eigenvalue weighted by atomic mass is 10.1. The van der Waals surface area contributed by atoms with E-state index < -0.39 is 10.0 Å². The first-order valence-electron chi connectivity index (χ1n) is 7.64. The van der Waals surface area contributed by atoms with Gasteiger partial charge in [-0.3, -0.25) is 0 Å². The number of ether oxygens (including phenoxy) is 1. The van der Waals surface area contributed by atoms with E-state index in [1.54, 1.807) is 12.1 Å². The molecule has 0 spiro atoms. The normalized spacial score (nSPS) is 11.0. The predicted molar refractivity (Wildman–Crippen MR) is 106 cm³/mol. The Balaban J connectivity index is 0.00000312. The largest absolute Gasteiger partial charge is 0.493 e. The molecule has 0 amide bonds. The summed E-state index contributed by atoms with van der Waals surface area (Å²) in [6.07, 6.45) is 0.809. The second-order valence-corrected chi connectivity index (χ2v) is 7.73. The molecule has 25 heavy (non-hydrogen) atoms. The summed E-state index contributed by atoms with van der Waals surface area (Å²) in [6, 6.07) is 12.7. The smallest absolute Gasteiger partial charge is 0.238 e. The van der Waals surface area contributed by atoms with Crippen LogP contribution < -0.4 is 15.2 Å². The average Bonchev–Trinajstić information content (AvgIpc) is 2.54. The molecule has 0 aliphatic carbocycles. The van der Waals surface area contributed by atoms with E-state index in [-0.39, 0.29) is 17.3 Å². The van der Waals surface area contributed by atoms with Crippen LogP contribution in [-0.2, 0) is 23.0 Å². The maximum atomic E-state index is 11.2. The van der Waals surface area contributed by atoms with Gasteiger partial charge in [-0.25, -0.2) is 13.6 Å². The molecule has 0 aromatic heterocycles. The van der Waals surface area contributed by atoms with Gasteiger partial charge in [0, 0.05) is 6.54 Å². The maximum absolute atomic E-state index is 11.2. The van der Waals surface area contributed by atoms with Gasteiger partial charge < -0.3 is 10.1 Å². The molecule has 0 heterocycles. The Hall–Kier alpha value is -1.12. The molecular formula is C17H22BrClN2O3S. The highest BCUT2D eigenvalue weighted by Gasteiger charge is 2.06. The van der Waals surface area contributed by atoms with Crippen molar-refractivity contribution in [3.8, 4) is 5.75 Å². The molecule has 0 saturated heterocycles. The Morgan fingerprint density at radius 3 is 2.32 bits per heavy atom. The highest BCUT2D eigenvalue weighted by atomic mass is 79.9. The molecule has 2 rings (SSSR count). The molecule has 8 heteroatoms. The van der Waals surface area contributed by atoms with Crippen molar-refractivity contribution >= 4 is 38.4 Å². The highest BCUT2D eigenvalue weighted by molar-refractivity contribution is 9.10. The highest BCUT2D eigenvalue weighted by Crippen LogP contribution is 2.25. The van der Waals surface area contributed by atoms with Gasteiger partial charge in [-0.15, -0.1) is 12.4 Å². The molecule has 0 radical (unpaired) electrons. The van der Waals surface area contributed by atoms with Gasteiger partial charge in [0.15, 0.2) is 0 Å². The number of nitrogens with two attached hydrogens (primary N) is 1. The number of rotatable bonds is 8. The van der Waals surface area contributed by atoms with Gasteiger partial charge in [0.2, 0.25) is 10.0 Å². The number of sulfonamides is 1. The van der Waals surface area contributed by atoms with Gasteiger partial charge in [-0.2, -0.15) is 0 Å². The lowest BCUT2D eigenvalue weighted by Gasteiger charge is -2.09. The van der Waals surface area contributed by atoms with Crippen molar-refractivity contribution in [2.75, 3.05) is 13.2 Å². The van der Waals surface area contributed by atoms with Gasteiger partial charge >= 0.3 is 0 Å². The summed E-state index contributed by atoms with van der Waals surface area (Å²) in [5.41, 5.74) is 2.22. The van der Waals surface area contributed by atoms with Crippen molar-refractivity contribution in [1.29, 1.82) is 0 Å². The van der Waals surface area contributed by atoms with E-state index in [0.29, 0.717) is 6.61 Å². The summed E-state index contributed by atoms with van der Waals surface area (Å²) in [5.74, 6) is 0.844. The molecule has 0 saturated carbocycles. The molecule has 3 N–H and O–H groups in total. The summed E-state index contributed by atoms with van der Waals surface area (Å²) < 4.78 is 28.8. The van der Waals surface area contributed by atoms with Crippen molar-refractivity contribution in [1.82, 2.24) is 5.32 Å². The van der Waals surface area contributed by atoms with Gasteiger partial charge in [0.25, 0.3) is 0 Å². The minimum atomic E-state index is -3.62. The number of nitrogens with one attached hydrogen (secondary N) is 1. The van der Waals surface area contributed by atoms with Crippen LogP contribution in [0.1, 0.15) is 18.1 Å². The zero-order valence-corrected chi connectivity index (χ0v) is 17.1. The van der Waals surface area contributed by atoms with Gasteiger partial charge in [0.1, 0.15) is 5.75 Å². The van der Waals surface area contributed by atoms with Crippen molar-refractivity contribution in [3.05, 3.63) is 58.1 Å². The molecule has 2 aromatic rings. The van der Waals surface area contributed by atoms with Crippen molar-refractivity contribution in [3.63, 3.8) is 0 Å². The Kier molecular flexibility index (Phi) is 8.88. The Morgan fingerprint density at radius 2 is 1.76 bits per heavy atom. The third-order valence-electron chi connectivity index (χ3n) is 3.47. The van der Waals surface area contributed by atoms with Crippen LogP contribution in [0.15, 0.2) is 51.8 Å². The average molecular weight is 450 g/mol. The monoisotopic (exact) mass is 448 g/mol. The van der Waals surface area contributed by atoms with Crippen molar-refractivity contribution < 1.29 is 13.2 Å². The van der Waals surface area contributed by atoms with Crippen LogP contribution in [0.25, 0.3) is 0 Å². The van der Waals surface area contributed by atoms with E-state index in [1.807, 2.05) is 25.1 Å².